The summed E-state index contributed by atoms with van der Waals surface area (Å²) in [7, 11) is 2.09. The summed E-state index contributed by atoms with van der Waals surface area (Å²) in [6.07, 6.45) is 4.30. The normalized spacial score (nSPS) is 19.6. The van der Waals surface area contributed by atoms with Crippen LogP contribution in [0.2, 0.25) is 0 Å². The van der Waals surface area contributed by atoms with Gasteiger partial charge < -0.3 is 9.64 Å². The third-order valence-electron chi connectivity index (χ3n) is 5.15. The molecule has 5 rings (SSSR count). The second-order valence-corrected chi connectivity index (χ2v) is 8.33. The number of hydrogen-bond donors (Lipinski definition) is 0. The Morgan fingerprint density at radius 3 is 2.50 bits per heavy atom. The Bertz CT molecular complexity index is 1080. The van der Waals surface area contributed by atoms with Gasteiger partial charge in [-0.05, 0) is 51.8 Å². The minimum absolute atomic E-state index is 0.672. The fourth-order valence-corrected chi connectivity index (χ4v) is 5.25. The first-order valence-electron chi connectivity index (χ1n) is 8.40. The van der Waals surface area contributed by atoms with Gasteiger partial charge in [-0.3, -0.25) is 0 Å². The average molecular weight is 469 g/mol. The number of benzene rings is 3. The average Bonchev–Trinajstić information content (AvgIpc) is 2.67. The van der Waals surface area contributed by atoms with E-state index >= 15 is 0 Å². The predicted octanol–water partition coefficient (Wildman–Crippen LogP) is 6.59. The van der Waals surface area contributed by atoms with Crippen LogP contribution in [0.3, 0.4) is 0 Å². The predicted molar refractivity (Wildman–Crippen MR) is 113 cm³/mol. The third kappa shape index (κ3) is 2.15. The third-order valence-corrected chi connectivity index (χ3v) is 6.20. The van der Waals surface area contributed by atoms with Gasteiger partial charge in [-0.25, -0.2) is 0 Å². The maximum absolute atomic E-state index is 6.71. The SMILES string of the molecule is CN1c2ccccc2-c2ccccc2C12C=Cc1cc(Br)cc(Br)c1O2. The molecule has 2 heterocycles. The van der Waals surface area contributed by atoms with Crippen LogP contribution in [0.5, 0.6) is 5.75 Å². The van der Waals surface area contributed by atoms with Crippen LogP contribution in [0.1, 0.15) is 11.1 Å². The first kappa shape index (κ1) is 16.2. The van der Waals surface area contributed by atoms with Crippen molar-refractivity contribution in [2.45, 2.75) is 5.72 Å². The van der Waals surface area contributed by atoms with Gasteiger partial charge in [-0.2, -0.15) is 0 Å². The molecule has 2 aliphatic heterocycles. The van der Waals surface area contributed by atoms with Gasteiger partial charge in [0, 0.05) is 33.9 Å². The van der Waals surface area contributed by atoms with Crippen molar-refractivity contribution in [3.05, 3.63) is 86.8 Å². The van der Waals surface area contributed by atoms with E-state index in [2.05, 4.69) is 111 Å². The molecule has 26 heavy (non-hydrogen) atoms. The maximum atomic E-state index is 6.71. The first-order valence-corrected chi connectivity index (χ1v) is 9.99. The van der Waals surface area contributed by atoms with Crippen molar-refractivity contribution in [3.63, 3.8) is 0 Å². The summed E-state index contributed by atoms with van der Waals surface area (Å²) in [5.41, 5.74) is 5.14. The monoisotopic (exact) mass is 467 g/mol. The van der Waals surface area contributed by atoms with Gasteiger partial charge in [-0.1, -0.05) is 58.4 Å². The molecule has 4 heteroatoms. The minimum Gasteiger partial charge on any atom is -0.458 e. The van der Waals surface area contributed by atoms with Crippen LogP contribution in [0, 0.1) is 0 Å². The molecule has 0 aromatic heterocycles. The number of ether oxygens (including phenoxy) is 1. The Balaban J connectivity index is 1.78. The smallest absolute Gasteiger partial charge is 0.229 e. The Hall–Kier alpha value is -2.04. The molecule has 0 saturated heterocycles. The number of rotatable bonds is 0. The molecule has 3 aromatic rings. The highest BCUT2D eigenvalue weighted by Crippen LogP contribution is 2.51. The lowest BCUT2D eigenvalue weighted by Gasteiger charge is -2.47. The highest BCUT2D eigenvalue weighted by Gasteiger charge is 2.45. The van der Waals surface area contributed by atoms with E-state index in [4.69, 9.17) is 4.74 Å². The highest BCUT2D eigenvalue weighted by atomic mass is 79.9. The number of anilines is 1. The zero-order valence-corrected chi connectivity index (χ0v) is 17.2. The molecule has 1 spiro atoms. The van der Waals surface area contributed by atoms with Crippen LogP contribution >= 0.6 is 31.9 Å². The fraction of sp³-hybridized carbons (Fsp3) is 0.0909. The minimum atomic E-state index is -0.672. The second kappa shape index (κ2) is 5.73. The largest absolute Gasteiger partial charge is 0.458 e. The molecule has 0 bridgehead atoms. The molecule has 0 saturated carbocycles. The van der Waals surface area contributed by atoms with Gasteiger partial charge in [0.2, 0.25) is 5.72 Å². The van der Waals surface area contributed by atoms with Gasteiger partial charge in [-0.15, -0.1) is 0 Å². The standard InChI is InChI=1S/C22H15Br2NO/c1-25-20-9-5-3-7-17(20)16-6-2-4-8-18(16)22(25)11-10-14-12-15(23)13-19(24)21(14)26-22/h2-13H,1H3. The molecular formula is C22H15Br2NO. The van der Waals surface area contributed by atoms with Crippen LogP contribution in [0.25, 0.3) is 17.2 Å². The molecule has 1 unspecified atom stereocenters. The maximum Gasteiger partial charge on any atom is 0.229 e. The van der Waals surface area contributed by atoms with E-state index in [0.717, 1.165) is 31.5 Å². The van der Waals surface area contributed by atoms with Crippen LogP contribution in [-0.2, 0) is 5.72 Å². The summed E-state index contributed by atoms with van der Waals surface area (Å²) in [4.78, 5) is 2.22. The Morgan fingerprint density at radius 2 is 1.65 bits per heavy atom. The van der Waals surface area contributed by atoms with E-state index in [1.807, 2.05) is 6.07 Å². The van der Waals surface area contributed by atoms with Gasteiger partial charge in [0.25, 0.3) is 0 Å². The number of nitrogens with zero attached hydrogens (tertiary/aromatic N) is 1. The van der Waals surface area contributed by atoms with Gasteiger partial charge in [0.1, 0.15) is 5.75 Å². The second-order valence-electron chi connectivity index (χ2n) is 6.56. The summed E-state index contributed by atoms with van der Waals surface area (Å²) in [6.45, 7) is 0. The molecule has 1 atom stereocenters. The van der Waals surface area contributed by atoms with Crippen LogP contribution < -0.4 is 9.64 Å². The van der Waals surface area contributed by atoms with Gasteiger partial charge in [0.05, 0.1) is 4.47 Å². The van der Waals surface area contributed by atoms with E-state index in [9.17, 15) is 0 Å². The molecular weight excluding hydrogens is 454 g/mol. The summed E-state index contributed by atoms with van der Waals surface area (Å²) in [5, 5.41) is 0. The Morgan fingerprint density at radius 1 is 0.923 bits per heavy atom. The van der Waals surface area contributed by atoms with E-state index in [0.29, 0.717) is 0 Å². The molecule has 2 nitrogen and oxygen atoms in total. The molecule has 128 valence electrons. The van der Waals surface area contributed by atoms with E-state index < -0.39 is 5.72 Å². The summed E-state index contributed by atoms with van der Waals surface area (Å²) >= 11 is 7.22. The lowest BCUT2D eigenvalue weighted by molar-refractivity contribution is 0.115. The van der Waals surface area contributed by atoms with Crippen molar-refractivity contribution in [1.29, 1.82) is 0 Å². The number of likely N-dealkylation sites (N-methyl/N-ethyl adjacent to an activating group) is 1. The zero-order chi connectivity index (χ0) is 17.9. The van der Waals surface area contributed by atoms with Crippen molar-refractivity contribution in [2.75, 3.05) is 11.9 Å². The zero-order valence-electron chi connectivity index (χ0n) is 14.0. The number of hydrogen-bond acceptors (Lipinski definition) is 2. The van der Waals surface area contributed by atoms with Crippen molar-refractivity contribution < 1.29 is 4.74 Å². The van der Waals surface area contributed by atoms with Crippen LogP contribution in [0.15, 0.2) is 75.7 Å². The van der Waals surface area contributed by atoms with Crippen LogP contribution in [0.4, 0.5) is 5.69 Å². The Labute approximate surface area is 169 Å². The highest BCUT2D eigenvalue weighted by molar-refractivity contribution is 9.11. The fourth-order valence-electron chi connectivity index (χ4n) is 3.91. The molecule has 0 fully saturated rings. The van der Waals surface area contributed by atoms with Gasteiger partial charge >= 0.3 is 0 Å². The molecule has 0 amide bonds. The summed E-state index contributed by atoms with van der Waals surface area (Å²) < 4.78 is 8.68. The first-order chi connectivity index (χ1) is 12.6. The summed E-state index contributed by atoms with van der Waals surface area (Å²) in [5.74, 6) is 0.858. The summed E-state index contributed by atoms with van der Waals surface area (Å²) in [6, 6.07) is 21.1. The van der Waals surface area contributed by atoms with Crippen LogP contribution in [-0.4, -0.2) is 7.05 Å². The molecule has 2 aliphatic rings. The molecule has 0 radical (unpaired) electrons. The van der Waals surface area contributed by atoms with Crippen molar-refractivity contribution in [2.24, 2.45) is 0 Å². The number of halogens is 2. The lowest BCUT2D eigenvalue weighted by atomic mass is 9.84. The van der Waals surface area contributed by atoms with Crippen molar-refractivity contribution in [1.82, 2.24) is 0 Å². The Kier molecular flexibility index (Phi) is 3.56. The quantitative estimate of drug-likeness (QED) is 0.369. The van der Waals surface area contributed by atoms with Crippen molar-refractivity contribution in [3.8, 4) is 16.9 Å². The van der Waals surface area contributed by atoms with E-state index in [1.165, 1.54) is 11.1 Å². The molecule has 3 aromatic carbocycles. The van der Waals surface area contributed by atoms with Gasteiger partial charge in [0.15, 0.2) is 0 Å². The lowest BCUT2D eigenvalue weighted by Crippen LogP contribution is -2.50. The van der Waals surface area contributed by atoms with E-state index in [-0.39, 0.29) is 0 Å². The number of fused-ring (bicyclic) bond motifs is 5. The van der Waals surface area contributed by atoms with Crippen molar-refractivity contribution >= 4 is 43.6 Å². The molecule has 0 aliphatic carbocycles. The topological polar surface area (TPSA) is 12.5 Å². The molecule has 0 N–H and O–H groups in total. The number of para-hydroxylation sites is 1. The van der Waals surface area contributed by atoms with E-state index in [1.54, 1.807) is 0 Å².